The summed E-state index contributed by atoms with van der Waals surface area (Å²) in [6, 6.07) is 4.81. The number of thioether (sulfide) groups is 1. The normalized spacial score (nSPS) is 15.8. The largest absolute Gasteiger partial charge is 0.504 e. The van der Waals surface area contributed by atoms with Crippen LogP contribution in [0.3, 0.4) is 0 Å². The molecular formula is C17H19NO5S2. The van der Waals surface area contributed by atoms with Crippen molar-refractivity contribution in [3.8, 4) is 11.5 Å². The van der Waals surface area contributed by atoms with Crippen LogP contribution in [0.2, 0.25) is 0 Å². The summed E-state index contributed by atoms with van der Waals surface area (Å²) in [5.74, 6) is -0.447. The summed E-state index contributed by atoms with van der Waals surface area (Å²) in [6.07, 6.45) is 2.37. The number of ether oxygens (including phenoxy) is 2. The second-order valence-corrected chi connectivity index (χ2v) is 6.82. The maximum absolute atomic E-state index is 12.5. The minimum atomic E-state index is -0.484. The van der Waals surface area contributed by atoms with Gasteiger partial charge in [0, 0.05) is 0 Å². The number of rotatable bonds is 7. The van der Waals surface area contributed by atoms with Crippen molar-refractivity contribution < 1.29 is 24.2 Å². The zero-order valence-corrected chi connectivity index (χ0v) is 15.6. The third kappa shape index (κ3) is 4.96. The van der Waals surface area contributed by atoms with Gasteiger partial charge in [0.1, 0.15) is 10.9 Å². The molecule has 0 spiro atoms. The lowest BCUT2D eigenvalue weighted by Crippen LogP contribution is -2.34. The average Bonchev–Trinajstić information content (AvgIpc) is 2.83. The van der Waals surface area contributed by atoms with Crippen LogP contribution in [0.5, 0.6) is 11.5 Å². The number of thiocarbonyl (C=S) groups is 1. The van der Waals surface area contributed by atoms with E-state index in [0.717, 1.165) is 11.8 Å². The van der Waals surface area contributed by atoms with Gasteiger partial charge in [-0.25, -0.2) is 0 Å². The summed E-state index contributed by atoms with van der Waals surface area (Å²) in [5, 5.41) is 9.73. The summed E-state index contributed by atoms with van der Waals surface area (Å²) < 4.78 is 10.6. The molecular weight excluding hydrogens is 362 g/mol. The fourth-order valence-corrected chi connectivity index (χ4v) is 3.33. The molecule has 134 valence electrons. The second-order valence-electron chi connectivity index (χ2n) is 5.15. The van der Waals surface area contributed by atoms with E-state index in [1.165, 1.54) is 11.0 Å². The lowest BCUT2D eigenvalue weighted by Gasteiger charge is -2.13. The number of carbonyl (C=O) groups excluding carboxylic acids is 2. The minimum absolute atomic E-state index is 0.0326. The van der Waals surface area contributed by atoms with Crippen molar-refractivity contribution >= 4 is 46.3 Å². The second kappa shape index (κ2) is 8.87. The van der Waals surface area contributed by atoms with E-state index < -0.39 is 5.97 Å². The van der Waals surface area contributed by atoms with E-state index in [1.807, 2.05) is 13.8 Å². The monoisotopic (exact) mass is 381 g/mol. The SMILES string of the molecule is CCCOC(=O)CN1C(=O)/C(=C/c2ccc(O)c(OCC)c2)SC1=S. The first-order valence-electron chi connectivity index (χ1n) is 7.83. The number of hydrogen-bond donors (Lipinski definition) is 1. The summed E-state index contributed by atoms with van der Waals surface area (Å²) in [4.78, 5) is 25.8. The molecule has 0 aliphatic carbocycles. The topological polar surface area (TPSA) is 76.1 Å². The van der Waals surface area contributed by atoms with Gasteiger partial charge in [-0.2, -0.15) is 0 Å². The van der Waals surface area contributed by atoms with Crippen LogP contribution in [0.1, 0.15) is 25.8 Å². The highest BCUT2D eigenvalue weighted by atomic mass is 32.2. The van der Waals surface area contributed by atoms with Gasteiger partial charge in [-0.05, 0) is 37.1 Å². The molecule has 2 rings (SSSR count). The van der Waals surface area contributed by atoms with Gasteiger partial charge in [0.2, 0.25) is 0 Å². The average molecular weight is 381 g/mol. The fourth-order valence-electron chi connectivity index (χ4n) is 2.07. The molecule has 1 aliphatic heterocycles. The number of amides is 1. The van der Waals surface area contributed by atoms with Crippen LogP contribution in [0.15, 0.2) is 23.1 Å². The van der Waals surface area contributed by atoms with E-state index in [2.05, 4.69) is 0 Å². The third-order valence-corrected chi connectivity index (χ3v) is 4.59. The molecule has 25 heavy (non-hydrogen) atoms. The van der Waals surface area contributed by atoms with Crippen molar-refractivity contribution in [1.82, 2.24) is 4.90 Å². The molecule has 1 aliphatic rings. The molecule has 0 atom stereocenters. The van der Waals surface area contributed by atoms with Crippen LogP contribution in [-0.2, 0) is 14.3 Å². The van der Waals surface area contributed by atoms with Crippen LogP contribution >= 0.6 is 24.0 Å². The first kappa shape index (κ1) is 19.3. The summed E-state index contributed by atoms with van der Waals surface area (Å²) >= 11 is 6.31. The Balaban J connectivity index is 2.14. The maximum Gasteiger partial charge on any atom is 0.326 e. The number of phenolic OH excluding ortho intramolecular Hbond substituents is 1. The van der Waals surface area contributed by atoms with Crippen LogP contribution in [0.4, 0.5) is 0 Å². The number of nitrogens with zero attached hydrogens (tertiary/aromatic N) is 1. The fraction of sp³-hybridized carbons (Fsp3) is 0.353. The molecule has 1 N–H and O–H groups in total. The van der Waals surface area contributed by atoms with Gasteiger partial charge in [-0.3, -0.25) is 14.5 Å². The van der Waals surface area contributed by atoms with Gasteiger partial charge in [0.05, 0.1) is 18.1 Å². The standard InChI is InChI=1S/C17H19NO5S2/c1-3-7-23-15(20)10-18-16(21)14(25-17(18)24)9-11-5-6-12(19)13(8-11)22-4-2/h5-6,8-9,19H,3-4,7,10H2,1-2H3/b14-9-. The van der Waals surface area contributed by atoms with E-state index in [-0.39, 0.29) is 18.2 Å². The van der Waals surface area contributed by atoms with E-state index in [0.29, 0.717) is 40.2 Å². The van der Waals surface area contributed by atoms with Crippen LogP contribution in [0, 0.1) is 0 Å². The first-order valence-corrected chi connectivity index (χ1v) is 9.05. The maximum atomic E-state index is 12.5. The Morgan fingerprint density at radius 2 is 2.16 bits per heavy atom. The van der Waals surface area contributed by atoms with Gasteiger partial charge >= 0.3 is 5.97 Å². The van der Waals surface area contributed by atoms with Crippen molar-refractivity contribution in [1.29, 1.82) is 0 Å². The van der Waals surface area contributed by atoms with Crippen LogP contribution in [0.25, 0.3) is 6.08 Å². The van der Waals surface area contributed by atoms with Crippen molar-refractivity contribution in [2.24, 2.45) is 0 Å². The Morgan fingerprint density at radius 3 is 2.84 bits per heavy atom. The Kier molecular flexibility index (Phi) is 6.83. The van der Waals surface area contributed by atoms with E-state index in [4.69, 9.17) is 21.7 Å². The van der Waals surface area contributed by atoms with Gasteiger partial charge in [0.25, 0.3) is 5.91 Å². The Morgan fingerprint density at radius 1 is 1.40 bits per heavy atom. The van der Waals surface area contributed by atoms with Crippen molar-refractivity contribution in [2.75, 3.05) is 19.8 Å². The number of benzene rings is 1. The number of aromatic hydroxyl groups is 1. The molecule has 1 saturated heterocycles. The van der Waals surface area contributed by atoms with E-state index in [1.54, 1.807) is 18.2 Å². The Hall–Kier alpha value is -2.06. The predicted octanol–water partition coefficient (Wildman–Crippen LogP) is 2.95. The number of esters is 1. The Bertz CT molecular complexity index is 717. The van der Waals surface area contributed by atoms with Gasteiger partial charge in [-0.1, -0.05) is 37.0 Å². The van der Waals surface area contributed by atoms with Gasteiger partial charge in [-0.15, -0.1) is 0 Å². The van der Waals surface area contributed by atoms with E-state index >= 15 is 0 Å². The zero-order valence-electron chi connectivity index (χ0n) is 14.0. The molecule has 1 aromatic carbocycles. The summed E-state index contributed by atoms with van der Waals surface area (Å²) in [7, 11) is 0. The van der Waals surface area contributed by atoms with Crippen molar-refractivity contribution in [3.05, 3.63) is 28.7 Å². The molecule has 1 fully saturated rings. The highest BCUT2D eigenvalue weighted by molar-refractivity contribution is 8.26. The summed E-state index contributed by atoms with van der Waals surface area (Å²) in [6.45, 7) is 4.25. The Labute approximate surface area is 155 Å². The quantitative estimate of drug-likeness (QED) is 0.442. The highest BCUT2D eigenvalue weighted by Gasteiger charge is 2.33. The molecule has 1 heterocycles. The number of hydrogen-bond acceptors (Lipinski definition) is 7. The lowest BCUT2D eigenvalue weighted by atomic mass is 10.2. The van der Waals surface area contributed by atoms with Gasteiger partial charge in [0.15, 0.2) is 11.5 Å². The minimum Gasteiger partial charge on any atom is -0.504 e. The van der Waals surface area contributed by atoms with Crippen molar-refractivity contribution in [2.45, 2.75) is 20.3 Å². The molecule has 8 heteroatoms. The zero-order chi connectivity index (χ0) is 18.4. The number of phenols is 1. The highest BCUT2D eigenvalue weighted by Crippen LogP contribution is 2.34. The molecule has 0 radical (unpaired) electrons. The number of carbonyl (C=O) groups is 2. The molecule has 0 saturated carbocycles. The first-order chi connectivity index (χ1) is 12.0. The van der Waals surface area contributed by atoms with Crippen LogP contribution < -0.4 is 4.74 Å². The lowest BCUT2D eigenvalue weighted by molar-refractivity contribution is -0.146. The van der Waals surface area contributed by atoms with E-state index in [9.17, 15) is 14.7 Å². The molecule has 1 aromatic rings. The van der Waals surface area contributed by atoms with Crippen LogP contribution in [-0.4, -0.2) is 46.0 Å². The molecule has 6 nitrogen and oxygen atoms in total. The third-order valence-electron chi connectivity index (χ3n) is 3.21. The molecule has 1 amide bonds. The van der Waals surface area contributed by atoms with Gasteiger partial charge < -0.3 is 14.6 Å². The molecule has 0 aromatic heterocycles. The molecule has 0 bridgehead atoms. The predicted molar refractivity (Wildman–Crippen MR) is 100 cm³/mol. The summed E-state index contributed by atoms with van der Waals surface area (Å²) in [5.41, 5.74) is 0.690. The van der Waals surface area contributed by atoms with Crippen molar-refractivity contribution in [3.63, 3.8) is 0 Å². The smallest absolute Gasteiger partial charge is 0.326 e. The molecule has 0 unspecified atom stereocenters.